The van der Waals surface area contributed by atoms with Gasteiger partial charge in [0, 0.05) is 31.8 Å². The topological polar surface area (TPSA) is 49.1 Å². The Hall–Kier alpha value is -2.12. The fraction of sp³-hybridized carbons (Fsp3) is 0.500. The minimum absolute atomic E-state index is 0.229. The van der Waals surface area contributed by atoms with Crippen LogP contribution in [0.25, 0.3) is 10.9 Å². The van der Waals surface area contributed by atoms with Crippen molar-refractivity contribution in [3.63, 3.8) is 0 Å². The molecule has 0 radical (unpaired) electrons. The fourth-order valence-electron chi connectivity index (χ4n) is 3.83. The van der Waals surface area contributed by atoms with Crippen LogP contribution in [0.3, 0.4) is 0 Å². The number of benzene rings is 1. The first-order valence-electron chi connectivity index (χ1n) is 8.51. The van der Waals surface area contributed by atoms with E-state index in [-0.39, 0.29) is 5.41 Å². The first-order chi connectivity index (χ1) is 11.5. The zero-order chi connectivity index (χ0) is 17.3. The summed E-state index contributed by atoms with van der Waals surface area (Å²) in [7, 11) is 1.77. The molecule has 0 atom stereocenters. The zero-order valence-electron chi connectivity index (χ0n) is 15.0. The molecule has 3 rings (SSSR count). The van der Waals surface area contributed by atoms with E-state index in [9.17, 15) is 5.26 Å². The summed E-state index contributed by atoms with van der Waals surface area (Å²) in [5.41, 5.74) is 5.32. The molecule has 0 amide bonds. The number of methoxy groups -OCH3 is 1. The van der Waals surface area contributed by atoms with Crippen molar-refractivity contribution in [2.75, 3.05) is 31.7 Å². The van der Waals surface area contributed by atoms with E-state index in [2.05, 4.69) is 48.9 Å². The molecule has 24 heavy (non-hydrogen) atoms. The van der Waals surface area contributed by atoms with Crippen LogP contribution in [0, 0.1) is 30.6 Å². The Bertz CT molecular complexity index is 799. The Balaban J connectivity index is 2.05. The lowest BCUT2D eigenvalue weighted by molar-refractivity contribution is 0.0731. The molecule has 4 nitrogen and oxygen atoms in total. The van der Waals surface area contributed by atoms with Crippen LogP contribution in [0.5, 0.6) is 0 Å². The fourth-order valence-corrected chi connectivity index (χ4v) is 3.83. The minimum Gasteiger partial charge on any atom is -0.384 e. The van der Waals surface area contributed by atoms with E-state index in [4.69, 9.17) is 4.74 Å². The summed E-state index contributed by atoms with van der Waals surface area (Å²) >= 11 is 0. The molecule has 1 aromatic heterocycles. The average molecular weight is 323 g/mol. The largest absolute Gasteiger partial charge is 0.384 e. The predicted molar refractivity (Wildman–Crippen MR) is 97.4 cm³/mol. The van der Waals surface area contributed by atoms with Gasteiger partial charge in [-0.25, -0.2) is 0 Å². The van der Waals surface area contributed by atoms with Crippen molar-refractivity contribution in [1.82, 2.24) is 4.98 Å². The first-order valence-corrected chi connectivity index (χ1v) is 8.51. The average Bonchev–Trinajstić information content (AvgIpc) is 2.55. The summed E-state index contributed by atoms with van der Waals surface area (Å²) in [5.74, 6) is 0. The summed E-state index contributed by atoms with van der Waals surface area (Å²) in [6.07, 6.45) is 3.86. The number of piperidine rings is 1. The second kappa shape index (κ2) is 6.41. The molecule has 1 aromatic carbocycles. The van der Waals surface area contributed by atoms with Crippen LogP contribution >= 0.6 is 0 Å². The van der Waals surface area contributed by atoms with Gasteiger partial charge in [-0.3, -0.25) is 4.98 Å². The molecule has 0 N–H and O–H groups in total. The SMILES string of the molecule is COCC1(C)CCN(c2c(C#N)cnc3c(C)cc(C)cc23)CC1. The maximum absolute atomic E-state index is 9.60. The summed E-state index contributed by atoms with van der Waals surface area (Å²) < 4.78 is 5.39. The van der Waals surface area contributed by atoms with Crippen LogP contribution in [0.2, 0.25) is 0 Å². The summed E-state index contributed by atoms with van der Waals surface area (Å²) in [6.45, 7) is 9.16. The molecule has 1 fully saturated rings. The van der Waals surface area contributed by atoms with E-state index in [1.807, 2.05) is 0 Å². The standard InChI is InChI=1S/C20H25N3O/c1-14-9-15(2)18-17(10-14)19(16(11-21)12-22-18)23-7-5-20(3,6-8-23)13-24-4/h9-10,12H,5-8,13H2,1-4H3. The van der Waals surface area contributed by atoms with Crippen molar-refractivity contribution >= 4 is 16.6 Å². The molecule has 2 heterocycles. The van der Waals surface area contributed by atoms with Crippen LogP contribution in [-0.2, 0) is 4.74 Å². The molecular weight excluding hydrogens is 298 g/mol. The smallest absolute Gasteiger partial charge is 0.103 e. The maximum atomic E-state index is 9.60. The normalized spacial score (nSPS) is 17.0. The van der Waals surface area contributed by atoms with E-state index in [0.29, 0.717) is 5.56 Å². The van der Waals surface area contributed by atoms with Crippen molar-refractivity contribution in [3.05, 3.63) is 35.0 Å². The molecule has 4 heteroatoms. The highest BCUT2D eigenvalue weighted by molar-refractivity contribution is 5.96. The number of pyridine rings is 1. The molecule has 1 aliphatic heterocycles. The maximum Gasteiger partial charge on any atom is 0.103 e. The van der Waals surface area contributed by atoms with Gasteiger partial charge < -0.3 is 9.64 Å². The Morgan fingerprint density at radius 1 is 1.29 bits per heavy atom. The third kappa shape index (κ3) is 2.97. The van der Waals surface area contributed by atoms with Crippen molar-refractivity contribution in [2.45, 2.75) is 33.6 Å². The summed E-state index contributed by atoms with van der Waals surface area (Å²) in [5, 5.41) is 10.7. The van der Waals surface area contributed by atoms with E-state index >= 15 is 0 Å². The molecule has 0 bridgehead atoms. The van der Waals surface area contributed by atoms with Gasteiger partial charge in [0.1, 0.15) is 6.07 Å². The Morgan fingerprint density at radius 2 is 2.00 bits per heavy atom. The highest BCUT2D eigenvalue weighted by Crippen LogP contribution is 2.37. The van der Waals surface area contributed by atoms with Crippen LogP contribution in [0.4, 0.5) is 5.69 Å². The number of aromatic nitrogens is 1. The van der Waals surface area contributed by atoms with Gasteiger partial charge in [-0.05, 0) is 43.7 Å². The molecule has 2 aromatic rings. The van der Waals surface area contributed by atoms with Gasteiger partial charge >= 0.3 is 0 Å². The lowest BCUT2D eigenvalue weighted by atomic mass is 9.81. The number of fused-ring (bicyclic) bond motifs is 1. The summed E-state index contributed by atoms with van der Waals surface area (Å²) in [6, 6.07) is 6.65. The number of ether oxygens (including phenoxy) is 1. The number of nitrogens with zero attached hydrogens (tertiary/aromatic N) is 3. The van der Waals surface area contributed by atoms with Crippen LogP contribution in [0.15, 0.2) is 18.3 Å². The highest BCUT2D eigenvalue weighted by atomic mass is 16.5. The number of rotatable bonds is 3. The van der Waals surface area contributed by atoms with Gasteiger partial charge in [-0.15, -0.1) is 0 Å². The molecule has 126 valence electrons. The lowest BCUT2D eigenvalue weighted by Crippen LogP contribution is -2.41. The molecule has 0 saturated carbocycles. The van der Waals surface area contributed by atoms with Crippen molar-refractivity contribution < 1.29 is 4.74 Å². The Morgan fingerprint density at radius 3 is 2.62 bits per heavy atom. The molecule has 1 saturated heterocycles. The Kier molecular flexibility index (Phi) is 4.47. The quantitative estimate of drug-likeness (QED) is 0.857. The zero-order valence-corrected chi connectivity index (χ0v) is 15.0. The number of hydrogen-bond acceptors (Lipinski definition) is 4. The summed E-state index contributed by atoms with van der Waals surface area (Å²) in [4.78, 5) is 6.90. The van der Waals surface area contributed by atoms with Crippen molar-refractivity contribution in [1.29, 1.82) is 5.26 Å². The first kappa shape index (κ1) is 16.7. The van der Waals surface area contributed by atoms with Crippen LogP contribution < -0.4 is 4.90 Å². The second-order valence-electron chi connectivity index (χ2n) is 7.34. The van der Waals surface area contributed by atoms with Gasteiger partial charge in [0.15, 0.2) is 0 Å². The van der Waals surface area contributed by atoms with Gasteiger partial charge in [-0.1, -0.05) is 18.6 Å². The van der Waals surface area contributed by atoms with E-state index in [1.54, 1.807) is 13.3 Å². The second-order valence-corrected chi connectivity index (χ2v) is 7.34. The van der Waals surface area contributed by atoms with Crippen molar-refractivity contribution in [2.24, 2.45) is 5.41 Å². The van der Waals surface area contributed by atoms with Gasteiger partial charge in [0.2, 0.25) is 0 Å². The van der Waals surface area contributed by atoms with Crippen LogP contribution in [-0.4, -0.2) is 31.8 Å². The molecular formula is C20H25N3O. The molecule has 0 unspecified atom stereocenters. The van der Waals surface area contributed by atoms with Crippen LogP contribution in [0.1, 0.15) is 36.5 Å². The number of nitriles is 1. The molecule has 0 aliphatic carbocycles. The predicted octanol–water partition coefficient (Wildman–Crippen LogP) is 3.98. The Labute approximate surface area is 144 Å². The number of anilines is 1. The molecule has 1 aliphatic rings. The van der Waals surface area contributed by atoms with Gasteiger partial charge in [0.25, 0.3) is 0 Å². The van der Waals surface area contributed by atoms with E-state index in [1.165, 1.54) is 5.56 Å². The third-order valence-corrected chi connectivity index (χ3v) is 5.18. The van der Waals surface area contributed by atoms with E-state index < -0.39 is 0 Å². The van der Waals surface area contributed by atoms with Gasteiger partial charge in [-0.2, -0.15) is 5.26 Å². The van der Waals surface area contributed by atoms with Crippen molar-refractivity contribution in [3.8, 4) is 6.07 Å². The van der Waals surface area contributed by atoms with E-state index in [0.717, 1.165) is 54.7 Å². The number of hydrogen-bond donors (Lipinski definition) is 0. The third-order valence-electron chi connectivity index (χ3n) is 5.18. The molecule has 0 spiro atoms. The number of aryl methyl sites for hydroxylation is 2. The highest BCUT2D eigenvalue weighted by Gasteiger charge is 2.31. The monoisotopic (exact) mass is 323 g/mol. The van der Waals surface area contributed by atoms with Gasteiger partial charge in [0.05, 0.1) is 23.4 Å². The minimum atomic E-state index is 0.229. The lowest BCUT2D eigenvalue weighted by Gasteiger charge is -2.40.